The van der Waals surface area contributed by atoms with Gasteiger partial charge in [-0.25, -0.2) is 0 Å². The second kappa shape index (κ2) is 7.08. The molecule has 1 aromatic rings. The Balaban J connectivity index is 1.78. The molecule has 1 saturated heterocycles. The quantitative estimate of drug-likeness (QED) is 0.815. The van der Waals surface area contributed by atoms with Crippen LogP contribution in [0.25, 0.3) is 0 Å². The zero-order chi connectivity index (χ0) is 13.7. The zero-order valence-electron chi connectivity index (χ0n) is 12.5. The maximum Gasteiger partial charge on any atom is 0.118 e. The molecule has 4 nitrogen and oxygen atoms in total. The minimum absolute atomic E-state index is 0.804. The predicted octanol–water partition coefficient (Wildman–Crippen LogP) is 1.84. The molecule has 0 radical (unpaired) electrons. The summed E-state index contributed by atoms with van der Waals surface area (Å²) in [5.74, 6) is 2.08. The van der Waals surface area contributed by atoms with E-state index in [2.05, 4.69) is 35.2 Å². The molecule has 0 unspecified atom stereocenters. The topological polar surface area (TPSA) is 31.6 Å². The Morgan fingerprint density at radius 2 is 2.11 bits per heavy atom. The Kier molecular flexibility index (Phi) is 5.43. The number of hydrogen-bond donors (Lipinski definition) is 1. The van der Waals surface area contributed by atoms with Gasteiger partial charge in [-0.15, -0.1) is 0 Å². The average molecular weight is 265 g/mol. The van der Waals surface area contributed by atoms with Crippen molar-refractivity contribution in [2.24, 2.45) is 0 Å². The highest BCUT2D eigenvalue weighted by atomic mass is 16.3. The van der Waals surface area contributed by atoms with Gasteiger partial charge in [-0.05, 0) is 53.0 Å². The first-order valence-electron chi connectivity index (χ1n) is 7.32. The molecule has 2 heterocycles. The van der Waals surface area contributed by atoms with Crippen LogP contribution in [0.1, 0.15) is 29.9 Å². The molecule has 1 fully saturated rings. The van der Waals surface area contributed by atoms with Crippen molar-refractivity contribution in [2.45, 2.75) is 32.9 Å². The smallest absolute Gasteiger partial charge is 0.118 e. The van der Waals surface area contributed by atoms with Gasteiger partial charge in [-0.2, -0.15) is 0 Å². The molecule has 19 heavy (non-hydrogen) atoms. The number of furan rings is 1. The highest BCUT2D eigenvalue weighted by Crippen LogP contribution is 2.16. The Bertz CT molecular complexity index is 383. The van der Waals surface area contributed by atoms with E-state index in [1.807, 2.05) is 7.05 Å². The predicted molar refractivity (Wildman–Crippen MR) is 78.2 cm³/mol. The molecule has 1 aliphatic rings. The van der Waals surface area contributed by atoms with E-state index in [1.165, 1.54) is 38.0 Å². The molecular formula is C15H27N3O. The first kappa shape index (κ1) is 14.6. The van der Waals surface area contributed by atoms with Crippen LogP contribution in [0.15, 0.2) is 10.5 Å². The third-order valence-corrected chi connectivity index (χ3v) is 3.86. The van der Waals surface area contributed by atoms with Gasteiger partial charge in [-0.1, -0.05) is 0 Å². The van der Waals surface area contributed by atoms with Crippen LogP contribution in [0, 0.1) is 6.92 Å². The van der Waals surface area contributed by atoms with E-state index in [1.54, 1.807) is 0 Å². The van der Waals surface area contributed by atoms with Crippen LogP contribution in [0.5, 0.6) is 0 Å². The van der Waals surface area contributed by atoms with Crippen molar-refractivity contribution in [1.29, 1.82) is 0 Å². The highest BCUT2D eigenvalue weighted by Gasteiger charge is 2.13. The summed E-state index contributed by atoms with van der Waals surface area (Å²) < 4.78 is 5.73. The fourth-order valence-electron chi connectivity index (χ4n) is 2.69. The number of likely N-dealkylation sites (N-methyl/N-ethyl adjacent to an activating group) is 1. The summed E-state index contributed by atoms with van der Waals surface area (Å²) in [6.45, 7) is 8.73. The lowest BCUT2D eigenvalue weighted by atomic mass is 10.2. The van der Waals surface area contributed by atoms with Crippen molar-refractivity contribution in [3.05, 3.63) is 23.2 Å². The van der Waals surface area contributed by atoms with Gasteiger partial charge in [0.25, 0.3) is 0 Å². The molecule has 0 amide bonds. The summed E-state index contributed by atoms with van der Waals surface area (Å²) in [7, 11) is 4.14. The van der Waals surface area contributed by atoms with Crippen molar-refractivity contribution in [1.82, 2.24) is 15.1 Å². The molecule has 0 spiro atoms. The van der Waals surface area contributed by atoms with Crippen LogP contribution in [0.4, 0.5) is 0 Å². The molecule has 1 aliphatic heterocycles. The molecule has 108 valence electrons. The molecule has 1 aromatic heterocycles. The number of nitrogens with zero attached hydrogens (tertiary/aromatic N) is 2. The van der Waals surface area contributed by atoms with Gasteiger partial charge < -0.3 is 19.5 Å². The number of aryl methyl sites for hydroxylation is 1. The molecule has 0 aliphatic carbocycles. The minimum atomic E-state index is 0.804. The maximum absolute atomic E-state index is 5.73. The average Bonchev–Trinajstić information content (AvgIpc) is 2.98. The van der Waals surface area contributed by atoms with Crippen molar-refractivity contribution in [3.63, 3.8) is 0 Å². The van der Waals surface area contributed by atoms with E-state index < -0.39 is 0 Å². The molecular weight excluding hydrogens is 238 g/mol. The first-order valence-corrected chi connectivity index (χ1v) is 7.32. The molecule has 0 bridgehead atoms. The molecule has 2 rings (SSSR count). The van der Waals surface area contributed by atoms with Crippen LogP contribution in [0.2, 0.25) is 0 Å². The Morgan fingerprint density at radius 1 is 1.37 bits per heavy atom. The number of hydrogen-bond acceptors (Lipinski definition) is 4. The first-order chi connectivity index (χ1) is 9.19. The summed E-state index contributed by atoms with van der Waals surface area (Å²) in [6, 6.07) is 2.18. The fourth-order valence-corrected chi connectivity index (χ4v) is 2.69. The zero-order valence-corrected chi connectivity index (χ0v) is 12.5. The van der Waals surface area contributed by atoms with Crippen molar-refractivity contribution < 1.29 is 4.42 Å². The minimum Gasteiger partial charge on any atom is -0.465 e. The van der Waals surface area contributed by atoms with E-state index in [4.69, 9.17) is 4.42 Å². The third-order valence-electron chi connectivity index (χ3n) is 3.86. The highest BCUT2D eigenvalue weighted by molar-refractivity contribution is 5.20. The van der Waals surface area contributed by atoms with Gasteiger partial charge in [0, 0.05) is 25.2 Å². The summed E-state index contributed by atoms with van der Waals surface area (Å²) in [5, 5.41) is 3.13. The molecule has 4 heteroatoms. The van der Waals surface area contributed by atoms with Crippen molar-refractivity contribution >= 4 is 0 Å². The van der Waals surface area contributed by atoms with Gasteiger partial charge in [0.05, 0.1) is 6.54 Å². The van der Waals surface area contributed by atoms with Crippen LogP contribution < -0.4 is 5.32 Å². The van der Waals surface area contributed by atoms with E-state index in [0.29, 0.717) is 0 Å². The van der Waals surface area contributed by atoms with Gasteiger partial charge in [-0.3, -0.25) is 0 Å². The number of likely N-dealkylation sites (tertiary alicyclic amines) is 1. The van der Waals surface area contributed by atoms with E-state index >= 15 is 0 Å². The second-order valence-corrected chi connectivity index (χ2v) is 5.61. The lowest BCUT2D eigenvalue weighted by Gasteiger charge is -2.20. The SMILES string of the molecule is CNCc1cc(CN(C)CCN2CCCC2)c(C)o1. The normalized spacial score (nSPS) is 16.6. The van der Waals surface area contributed by atoms with E-state index in [9.17, 15) is 0 Å². The summed E-state index contributed by atoms with van der Waals surface area (Å²) in [4.78, 5) is 4.95. The fraction of sp³-hybridized carbons (Fsp3) is 0.733. The van der Waals surface area contributed by atoms with Crippen molar-refractivity contribution in [3.8, 4) is 0 Å². The van der Waals surface area contributed by atoms with Crippen LogP contribution in [-0.4, -0.2) is 50.1 Å². The van der Waals surface area contributed by atoms with Gasteiger partial charge in [0.15, 0.2) is 0 Å². The third kappa shape index (κ3) is 4.34. The Morgan fingerprint density at radius 3 is 2.79 bits per heavy atom. The monoisotopic (exact) mass is 265 g/mol. The number of nitrogens with one attached hydrogen (secondary N) is 1. The van der Waals surface area contributed by atoms with E-state index in [-0.39, 0.29) is 0 Å². The van der Waals surface area contributed by atoms with E-state index in [0.717, 1.165) is 31.2 Å². The van der Waals surface area contributed by atoms with Gasteiger partial charge in [0.2, 0.25) is 0 Å². The van der Waals surface area contributed by atoms with Crippen LogP contribution in [0.3, 0.4) is 0 Å². The second-order valence-electron chi connectivity index (χ2n) is 5.61. The summed E-state index contributed by atoms with van der Waals surface area (Å²) in [5.41, 5.74) is 1.31. The van der Waals surface area contributed by atoms with Crippen LogP contribution in [-0.2, 0) is 13.1 Å². The maximum atomic E-state index is 5.73. The Hall–Kier alpha value is -0.840. The molecule has 0 atom stereocenters. The summed E-state index contributed by atoms with van der Waals surface area (Å²) in [6.07, 6.45) is 2.75. The summed E-state index contributed by atoms with van der Waals surface area (Å²) >= 11 is 0. The molecule has 1 N–H and O–H groups in total. The van der Waals surface area contributed by atoms with Crippen molar-refractivity contribution in [2.75, 3.05) is 40.3 Å². The Labute approximate surface area is 116 Å². The van der Waals surface area contributed by atoms with Crippen LogP contribution >= 0.6 is 0 Å². The lowest BCUT2D eigenvalue weighted by molar-refractivity contribution is 0.251. The van der Waals surface area contributed by atoms with Gasteiger partial charge >= 0.3 is 0 Å². The lowest BCUT2D eigenvalue weighted by Crippen LogP contribution is -2.31. The largest absolute Gasteiger partial charge is 0.465 e. The standard InChI is InChI=1S/C15H27N3O/c1-13-14(10-15(19-13)11-16-2)12-17(3)8-9-18-6-4-5-7-18/h10,16H,4-9,11-12H2,1-3H3. The van der Waals surface area contributed by atoms with Gasteiger partial charge in [0.1, 0.15) is 11.5 Å². The number of rotatable bonds is 7. The molecule has 0 saturated carbocycles. The molecule has 0 aromatic carbocycles.